The van der Waals surface area contributed by atoms with Crippen molar-refractivity contribution in [3.8, 4) is 11.3 Å². The molecule has 1 saturated heterocycles. The molecule has 1 aliphatic rings. The van der Waals surface area contributed by atoms with E-state index in [4.69, 9.17) is 4.74 Å². The van der Waals surface area contributed by atoms with Gasteiger partial charge in [0.1, 0.15) is 5.82 Å². The van der Waals surface area contributed by atoms with Crippen LogP contribution in [-0.2, 0) is 22.1 Å². The first-order valence-corrected chi connectivity index (χ1v) is 11.9. The zero-order valence-electron chi connectivity index (χ0n) is 20.6. The van der Waals surface area contributed by atoms with Gasteiger partial charge in [0.15, 0.2) is 6.10 Å². The van der Waals surface area contributed by atoms with Crippen molar-refractivity contribution in [2.45, 2.75) is 25.6 Å². The Labute approximate surface area is 221 Å². The lowest BCUT2D eigenvalue weighted by atomic mass is 10.0. The van der Waals surface area contributed by atoms with Gasteiger partial charge in [0, 0.05) is 41.8 Å². The van der Waals surface area contributed by atoms with Crippen molar-refractivity contribution in [1.82, 2.24) is 15.0 Å². The fourth-order valence-corrected chi connectivity index (χ4v) is 3.91. The number of aryl methyl sites for hydroxylation is 1. The van der Waals surface area contributed by atoms with Gasteiger partial charge in [-0.3, -0.25) is 14.6 Å². The van der Waals surface area contributed by atoms with Crippen LogP contribution in [0.4, 0.5) is 24.5 Å². The SMILES string of the molecule is Cc1ccc(C(=O)Nc2ccc(NC(=O)C3CO3)c(C(F)(F)F)c2)cc1Cc1nccc(-c2cccnc2)n1. The number of carbonyl (C=O) groups excluding carboxylic acids is 2. The zero-order chi connectivity index (χ0) is 27.6. The summed E-state index contributed by atoms with van der Waals surface area (Å²) in [5.41, 5.74) is 1.96. The molecule has 2 amide bonds. The van der Waals surface area contributed by atoms with Crippen LogP contribution in [0.5, 0.6) is 0 Å². The number of epoxide rings is 1. The van der Waals surface area contributed by atoms with E-state index in [0.717, 1.165) is 28.8 Å². The van der Waals surface area contributed by atoms with Gasteiger partial charge in [-0.15, -0.1) is 0 Å². The summed E-state index contributed by atoms with van der Waals surface area (Å²) in [5, 5.41) is 4.74. The molecule has 8 nitrogen and oxygen atoms in total. The number of rotatable bonds is 7. The number of alkyl halides is 3. The van der Waals surface area contributed by atoms with E-state index in [1.54, 1.807) is 42.9 Å². The average Bonchev–Trinajstić information content (AvgIpc) is 3.77. The maximum Gasteiger partial charge on any atom is 0.418 e. The van der Waals surface area contributed by atoms with Crippen molar-refractivity contribution in [2.24, 2.45) is 0 Å². The van der Waals surface area contributed by atoms with Gasteiger partial charge >= 0.3 is 6.18 Å². The van der Waals surface area contributed by atoms with Crippen molar-refractivity contribution >= 4 is 23.2 Å². The van der Waals surface area contributed by atoms with Gasteiger partial charge in [-0.25, -0.2) is 9.97 Å². The molecule has 1 fully saturated rings. The van der Waals surface area contributed by atoms with E-state index in [0.29, 0.717) is 17.9 Å². The fraction of sp³-hybridized carbons (Fsp3) is 0.179. The van der Waals surface area contributed by atoms with E-state index < -0.39 is 35.3 Å². The summed E-state index contributed by atoms with van der Waals surface area (Å²) in [4.78, 5) is 37.9. The number of aromatic nitrogens is 3. The first-order valence-electron chi connectivity index (χ1n) is 11.9. The Kier molecular flexibility index (Phi) is 7.07. The molecule has 198 valence electrons. The zero-order valence-corrected chi connectivity index (χ0v) is 20.6. The molecule has 5 rings (SSSR count). The Morgan fingerprint density at radius 3 is 2.59 bits per heavy atom. The largest absolute Gasteiger partial charge is 0.418 e. The number of pyridine rings is 1. The van der Waals surface area contributed by atoms with E-state index in [9.17, 15) is 22.8 Å². The van der Waals surface area contributed by atoms with E-state index >= 15 is 0 Å². The Morgan fingerprint density at radius 2 is 1.87 bits per heavy atom. The molecule has 0 saturated carbocycles. The summed E-state index contributed by atoms with van der Waals surface area (Å²) in [6, 6.07) is 13.7. The van der Waals surface area contributed by atoms with Gasteiger partial charge in [0.25, 0.3) is 11.8 Å². The number of hydrogen-bond donors (Lipinski definition) is 2. The number of carbonyl (C=O) groups is 2. The van der Waals surface area contributed by atoms with E-state index in [-0.39, 0.29) is 17.9 Å². The smallest absolute Gasteiger partial charge is 0.363 e. The number of amides is 2. The topological polar surface area (TPSA) is 109 Å². The van der Waals surface area contributed by atoms with Gasteiger partial charge in [-0.2, -0.15) is 13.2 Å². The standard InChI is InChI=1S/C28H22F3N5O3/c1-16-4-5-17(11-19(16)12-25-33-10-8-22(35-25)18-3-2-9-32-14-18)26(37)34-20-6-7-23(21(13-20)28(29,30)31)36-27(38)24-15-39-24/h2-11,13-14,24H,12,15H2,1H3,(H,34,37)(H,36,38). The minimum absolute atomic E-state index is 0.0670. The summed E-state index contributed by atoms with van der Waals surface area (Å²) in [5.74, 6) is -0.696. The Bertz CT molecular complexity index is 1540. The maximum atomic E-state index is 13.7. The van der Waals surface area contributed by atoms with Gasteiger partial charge in [-0.1, -0.05) is 6.07 Å². The van der Waals surface area contributed by atoms with Gasteiger partial charge in [0.2, 0.25) is 0 Å². The van der Waals surface area contributed by atoms with Crippen LogP contribution in [0.2, 0.25) is 0 Å². The number of ether oxygens (including phenoxy) is 1. The second-order valence-electron chi connectivity index (χ2n) is 8.94. The third-order valence-electron chi connectivity index (χ3n) is 6.09. The molecule has 4 aromatic rings. The van der Waals surface area contributed by atoms with Crippen molar-refractivity contribution in [3.63, 3.8) is 0 Å². The van der Waals surface area contributed by atoms with Crippen LogP contribution in [0, 0.1) is 6.92 Å². The fourth-order valence-electron chi connectivity index (χ4n) is 3.91. The molecular formula is C28H22F3N5O3. The van der Waals surface area contributed by atoms with Crippen LogP contribution in [0.1, 0.15) is 32.9 Å². The molecule has 3 heterocycles. The molecule has 0 aliphatic carbocycles. The Balaban J connectivity index is 1.34. The molecular weight excluding hydrogens is 511 g/mol. The minimum Gasteiger partial charge on any atom is -0.363 e. The quantitative estimate of drug-likeness (QED) is 0.322. The normalized spacial score (nSPS) is 14.5. The minimum atomic E-state index is -4.75. The van der Waals surface area contributed by atoms with Crippen LogP contribution < -0.4 is 10.6 Å². The molecule has 1 atom stereocenters. The predicted octanol–water partition coefficient (Wildman–Crippen LogP) is 5.05. The molecule has 0 spiro atoms. The predicted molar refractivity (Wildman–Crippen MR) is 137 cm³/mol. The van der Waals surface area contributed by atoms with E-state index in [1.165, 1.54) is 6.07 Å². The highest BCUT2D eigenvalue weighted by Crippen LogP contribution is 2.37. The number of hydrogen-bond acceptors (Lipinski definition) is 6. The van der Waals surface area contributed by atoms with Crippen LogP contribution >= 0.6 is 0 Å². The molecule has 0 radical (unpaired) electrons. The molecule has 39 heavy (non-hydrogen) atoms. The van der Waals surface area contributed by atoms with Crippen LogP contribution in [0.15, 0.2) is 73.2 Å². The lowest BCUT2D eigenvalue weighted by Crippen LogP contribution is -2.21. The van der Waals surface area contributed by atoms with Crippen LogP contribution in [0.25, 0.3) is 11.3 Å². The summed E-state index contributed by atoms with van der Waals surface area (Å²) in [6.07, 6.45) is -0.128. The van der Waals surface area contributed by atoms with Gasteiger partial charge < -0.3 is 15.4 Å². The molecule has 2 N–H and O–H groups in total. The van der Waals surface area contributed by atoms with Crippen molar-refractivity contribution in [3.05, 3.63) is 101 Å². The monoisotopic (exact) mass is 533 g/mol. The second kappa shape index (κ2) is 10.6. The molecule has 1 unspecified atom stereocenters. The Hall–Kier alpha value is -4.64. The van der Waals surface area contributed by atoms with Crippen LogP contribution in [0.3, 0.4) is 0 Å². The lowest BCUT2D eigenvalue weighted by molar-refractivity contribution is -0.136. The highest BCUT2D eigenvalue weighted by molar-refractivity contribution is 6.05. The van der Waals surface area contributed by atoms with E-state index in [1.807, 2.05) is 19.1 Å². The maximum absolute atomic E-state index is 13.7. The summed E-state index contributed by atoms with van der Waals surface area (Å²) < 4.78 is 45.9. The third kappa shape index (κ3) is 6.27. The van der Waals surface area contributed by atoms with Crippen molar-refractivity contribution in [1.29, 1.82) is 0 Å². The highest BCUT2D eigenvalue weighted by atomic mass is 19.4. The number of nitrogens with zero attached hydrogens (tertiary/aromatic N) is 3. The number of anilines is 2. The summed E-state index contributed by atoms with van der Waals surface area (Å²) in [6.45, 7) is 2.05. The molecule has 11 heteroatoms. The van der Waals surface area contributed by atoms with Crippen LogP contribution in [-0.4, -0.2) is 39.5 Å². The third-order valence-corrected chi connectivity index (χ3v) is 6.09. The van der Waals surface area contributed by atoms with Crippen molar-refractivity contribution < 1.29 is 27.5 Å². The average molecular weight is 534 g/mol. The van der Waals surface area contributed by atoms with Crippen molar-refractivity contribution in [2.75, 3.05) is 17.2 Å². The number of nitrogens with one attached hydrogen (secondary N) is 2. The lowest BCUT2D eigenvalue weighted by Gasteiger charge is -2.16. The first-order chi connectivity index (χ1) is 18.7. The second-order valence-corrected chi connectivity index (χ2v) is 8.94. The van der Waals surface area contributed by atoms with Gasteiger partial charge in [0.05, 0.1) is 23.6 Å². The molecule has 1 aliphatic heterocycles. The summed E-state index contributed by atoms with van der Waals surface area (Å²) in [7, 11) is 0. The number of halogens is 3. The first kappa shape index (κ1) is 26.0. The molecule has 2 aromatic heterocycles. The number of benzene rings is 2. The summed E-state index contributed by atoms with van der Waals surface area (Å²) >= 11 is 0. The van der Waals surface area contributed by atoms with Gasteiger partial charge in [-0.05, 0) is 66.6 Å². The molecule has 0 bridgehead atoms. The Morgan fingerprint density at radius 1 is 1.05 bits per heavy atom. The molecule has 2 aromatic carbocycles. The van der Waals surface area contributed by atoms with E-state index in [2.05, 4.69) is 25.6 Å². The highest BCUT2D eigenvalue weighted by Gasteiger charge is 2.37.